The molecule has 0 saturated carbocycles. The minimum Gasteiger partial charge on any atom is -0.492 e. The molecule has 2 aromatic heterocycles. The van der Waals surface area contributed by atoms with Crippen LogP contribution >= 0.6 is 0 Å². The number of H-pyrrole nitrogens is 1. The second-order valence-electron chi connectivity index (χ2n) is 9.40. The van der Waals surface area contributed by atoms with Gasteiger partial charge in [0.2, 0.25) is 5.91 Å². The van der Waals surface area contributed by atoms with Gasteiger partial charge < -0.3 is 19.2 Å². The zero-order chi connectivity index (χ0) is 25.9. The van der Waals surface area contributed by atoms with Crippen molar-refractivity contribution in [1.82, 2.24) is 19.4 Å². The third-order valence-electron chi connectivity index (χ3n) is 6.95. The standard InChI is InChI=1S/C30H30N4O3.CH4/c1-21-29(35)32(2)16-17-34(21)18-19-37-25-12-8-23(9-13-25)5-4-22-6-10-24(11-7-22)27-20-33(3)30(36)28-26(27)14-15-31-28;/h6-15,20-21,31H,16-19H2,1-3H3;1H4/t21-;/m1./s1. The molecule has 3 heterocycles. The van der Waals surface area contributed by atoms with Crippen molar-refractivity contribution in [3.63, 3.8) is 0 Å². The summed E-state index contributed by atoms with van der Waals surface area (Å²) in [6.07, 6.45) is 3.66. The quantitative estimate of drug-likeness (QED) is 0.410. The molecular weight excluding hydrogens is 476 g/mol. The molecule has 1 atom stereocenters. The molecule has 38 heavy (non-hydrogen) atoms. The Morgan fingerprint density at radius 1 is 0.947 bits per heavy atom. The van der Waals surface area contributed by atoms with Crippen LogP contribution in [0.4, 0.5) is 0 Å². The number of amides is 1. The Hall–Kier alpha value is -4.28. The fraction of sp³-hybridized carbons (Fsp3) is 0.290. The highest BCUT2D eigenvalue weighted by molar-refractivity contribution is 5.94. The van der Waals surface area contributed by atoms with E-state index in [1.807, 2.05) is 74.8 Å². The molecule has 0 spiro atoms. The summed E-state index contributed by atoms with van der Waals surface area (Å²) in [5, 5.41) is 0.913. The van der Waals surface area contributed by atoms with Crippen LogP contribution in [0.5, 0.6) is 5.75 Å². The van der Waals surface area contributed by atoms with Gasteiger partial charge in [-0.25, -0.2) is 0 Å². The van der Waals surface area contributed by atoms with E-state index in [2.05, 4.69) is 21.7 Å². The van der Waals surface area contributed by atoms with Crippen molar-refractivity contribution in [2.24, 2.45) is 7.05 Å². The minimum atomic E-state index is -0.106. The fourth-order valence-electron chi connectivity index (χ4n) is 4.65. The number of piperazine rings is 1. The SMILES string of the molecule is C.C[C@@H]1C(=O)N(C)CCN1CCOc1ccc(C#Cc2ccc(-c3cn(C)c(=O)c4[nH]ccc34)cc2)cc1. The van der Waals surface area contributed by atoms with E-state index in [1.165, 1.54) is 0 Å². The number of benzene rings is 2. The van der Waals surface area contributed by atoms with Crippen LogP contribution in [-0.2, 0) is 11.8 Å². The molecule has 4 aromatic rings. The maximum absolute atomic E-state index is 12.3. The molecule has 0 unspecified atom stereocenters. The molecule has 1 amide bonds. The lowest BCUT2D eigenvalue weighted by molar-refractivity contribution is -0.139. The number of carbonyl (C=O) groups excluding carboxylic acids is 1. The predicted octanol–water partition coefficient (Wildman–Crippen LogP) is 4.11. The van der Waals surface area contributed by atoms with Crippen molar-refractivity contribution in [2.75, 3.05) is 33.3 Å². The average molecular weight is 511 g/mol. The third-order valence-corrected chi connectivity index (χ3v) is 6.95. The van der Waals surface area contributed by atoms with Crippen LogP contribution in [0.2, 0.25) is 0 Å². The van der Waals surface area contributed by atoms with E-state index in [0.29, 0.717) is 18.7 Å². The van der Waals surface area contributed by atoms with E-state index < -0.39 is 0 Å². The fourth-order valence-corrected chi connectivity index (χ4v) is 4.65. The number of carbonyl (C=O) groups is 1. The van der Waals surface area contributed by atoms with E-state index in [9.17, 15) is 9.59 Å². The highest BCUT2D eigenvalue weighted by atomic mass is 16.5. The van der Waals surface area contributed by atoms with E-state index >= 15 is 0 Å². The zero-order valence-electron chi connectivity index (χ0n) is 21.3. The number of nitrogens with zero attached hydrogens (tertiary/aromatic N) is 3. The number of aromatic nitrogens is 2. The number of aromatic amines is 1. The van der Waals surface area contributed by atoms with Gasteiger partial charge in [-0.2, -0.15) is 0 Å². The summed E-state index contributed by atoms with van der Waals surface area (Å²) in [5.74, 6) is 7.37. The lowest BCUT2D eigenvalue weighted by Crippen LogP contribution is -2.55. The Morgan fingerprint density at radius 3 is 2.29 bits per heavy atom. The molecule has 1 N–H and O–H groups in total. The summed E-state index contributed by atoms with van der Waals surface area (Å²) in [6, 6.07) is 17.6. The molecule has 5 rings (SSSR count). The van der Waals surface area contributed by atoms with Crippen LogP contribution in [0, 0.1) is 11.8 Å². The molecule has 0 radical (unpaired) electrons. The summed E-state index contributed by atoms with van der Waals surface area (Å²) in [5.41, 5.74) is 4.42. The molecule has 7 heteroatoms. The van der Waals surface area contributed by atoms with Crippen LogP contribution in [0.1, 0.15) is 25.5 Å². The normalized spacial score (nSPS) is 15.6. The molecule has 0 aliphatic carbocycles. The Kier molecular flexibility index (Phi) is 8.04. The second kappa shape index (κ2) is 11.4. The van der Waals surface area contributed by atoms with Gasteiger partial charge >= 0.3 is 0 Å². The Balaban J connectivity index is 0.00000336. The van der Waals surface area contributed by atoms with E-state index in [0.717, 1.165) is 46.5 Å². The maximum atomic E-state index is 12.3. The van der Waals surface area contributed by atoms with Crippen molar-refractivity contribution >= 4 is 16.8 Å². The average Bonchev–Trinajstić information content (AvgIpc) is 3.41. The molecule has 1 aliphatic heterocycles. The molecular formula is C31H34N4O3. The zero-order valence-corrected chi connectivity index (χ0v) is 21.3. The monoisotopic (exact) mass is 510 g/mol. The first-order chi connectivity index (χ1) is 17.9. The molecule has 1 aliphatic rings. The molecule has 7 nitrogen and oxygen atoms in total. The van der Waals surface area contributed by atoms with Crippen molar-refractivity contribution in [3.8, 4) is 28.7 Å². The summed E-state index contributed by atoms with van der Waals surface area (Å²) in [7, 11) is 3.61. The van der Waals surface area contributed by atoms with Gasteiger partial charge in [0.15, 0.2) is 0 Å². The van der Waals surface area contributed by atoms with Crippen molar-refractivity contribution < 1.29 is 9.53 Å². The molecule has 1 fully saturated rings. The first kappa shape index (κ1) is 26.8. The van der Waals surface area contributed by atoms with Crippen LogP contribution in [0.3, 0.4) is 0 Å². The largest absolute Gasteiger partial charge is 0.492 e. The first-order valence-electron chi connectivity index (χ1n) is 12.4. The molecule has 196 valence electrons. The number of fused-ring (bicyclic) bond motifs is 1. The number of pyridine rings is 1. The number of likely N-dealkylation sites (N-methyl/N-ethyl adjacent to an activating group) is 1. The Labute approximate surface area is 223 Å². The minimum absolute atomic E-state index is 0. The van der Waals surface area contributed by atoms with Gasteiger partial charge in [0.1, 0.15) is 17.9 Å². The topological polar surface area (TPSA) is 70.6 Å². The molecule has 1 saturated heterocycles. The summed E-state index contributed by atoms with van der Waals surface area (Å²) in [6.45, 7) is 4.81. The van der Waals surface area contributed by atoms with Crippen LogP contribution < -0.4 is 10.3 Å². The number of nitrogens with one attached hydrogen (secondary N) is 1. The van der Waals surface area contributed by atoms with Gasteiger partial charge in [-0.15, -0.1) is 0 Å². The number of ether oxygens (including phenoxy) is 1. The first-order valence-corrected chi connectivity index (χ1v) is 12.4. The van der Waals surface area contributed by atoms with Crippen molar-refractivity contribution in [2.45, 2.75) is 20.4 Å². The Morgan fingerprint density at radius 2 is 1.61 bits per heavy atom. The van der Waals surface area contributed by atoms with Gasteiger partial charge in [0.05, 0.1) is 6.04 Å². The van der Waals surface area contributed by atoms with Gasteiger partial charge in [0, 0.05) is 68.2 Å². The third kappa shape index (κ3) is 5.51. The summed E-state index contributed by atoms with van der Waals surface area (Å²) >= 11 is 0. The van der Waals surface area contributed by atoms with Gasteiger partial charge in [-0.3, -0.25) is 14.5 Å². The van der Waals surface area contributed by atoms with E-state index in [1.54, 1.807) is 22.7 Å². The van der Waals surface area contributed by atoms with Crippen LogP contribution in [-0.4, -0.2) is 64.6 Å². The van der Waals surface area contributed by atoms with E-state index in [4.69, 9.17) is 4.74 Å². The lowest BCUT2D eigenvalue weighted by atomic mass is 10.0. The van der Waals surface area contributed by atoms with Gasteiger partial charge in [0.25, 0.3) is 5.56 Å². The van der Waals surface area contributed by atoms with E-state index in [-0.39, 0.29) is 24.9 Å². The smallest absolute Gasteiger partial charge is 0.274 e. The molecule has 2 aromatic carbocycles. The maximum Gasteiger partial charge on any atom is 0.274 e. The molecule has 0 bridgehead atoms. The second-order valence-corrected chi connectivity index (χ2v) is 9.40. The number of rotatable bonds is 5. The van der Waals surface area contributed by atoms with Crippen molar-refractivity contribution in [3.05, 3.63) is 88.5 Å². The van der Waals surface area contributed by atoms with Gasteiger partial charge in [-0.1, -0.05) is 31.4 Å². The summed E-state index contributed by atoms with van der Waals surface area (Å²) < 4.78 is 7.49. The highest BCUT2D eigenvalue weighted by Crippen LogP contribution is 2.26. The Bertz CT molecular complexity index is 1540. The number of aryl methyl sites for hydroxylation is 1. The van der Waals surface area contributed by atoms with Crippen LogP contribution in [0.25, 0.3) is 22.0 Å². The van der Waals surface area contributed by atoms with Crippen molar-refractivity contribution in [1.29, 1.82) is 0 Å². The van der Waals surface area contributed by atoms with Crippen LogP contribution in [0.15, 0.2) is 71.8 Å². The predicted molar refractivity (Wildman–Crippen MR) is 152 cm³/mol. The number of hydrogen-bond acceptors (Lipinski definition) is 4. The summed E-state index contributed by atoms with van der Waals surface area (Å²) in [4.78, 5) is 31.4. The highest BCUT2D eigenvalue weighted by Gasteiger charge is 2.28. The lowest BCUT2D eigenvalue weighted by Gasteiger charge is -2.37. The van der Waals surface area contributed by atoms with Gasteiger partial charge in [-0.05, 0) is 55.0 Å². The number of hydrogen-bond donors (Lipinski definition) is 1.